The van der Waals surface area contributed by atoms with Gasteiger partial charge in [-0.2, -0.15) is 0 Å². The SMILES string of the molecule is O=C(CCn1ccc2ccc(Br)cc21)Nc1cccc2[nH]ccc12. The first kappa shape index (κ1) is 15.0. The zero-order valence-corrected chi connectivity index (χ0v) is 14.5. The maximum atomic E-state index is 12.3. The lowest BCUT2D eigenvalue weighted by Crippen LogP contribution is -2.14. The lowest BCUT2D eigenvalue weighted by Gasteiger charge is -2.08. The fourth-order valence-corrected chi connectivity index (χ4v) is 3.33. The zero-order chi connectivity index (χ0) is 16.5. The highest BCUT2D eigenvalue weighted by Crippen LogP contribution is 2.23. The number of amides is 1. The quantitative estimate of drug-likeness (QED) is 0.518. The number of carbonyl (C=O) groups excluding carboxylic acids is 1. The predicted molar refractivity (Wildman–Crippen MR) is 101 cm³/mol. The number of aromatic nitrogens is 2. The molecular formula is C19H16BrN3O. The Labute approximate surface area is 147 Å². The van der Waals surface area contributed by atoms with E-state index in [9.17, 15) is 4.79 Å². The largest absolute Gasteiger partial charge is 0.361 e. The summed E-state index contributed by atoms with van der Waals surface area (Å²) in [6, 6.07) is 16.1. The van der Waals surface area contributed by atoms with Crippen LogP contribution in [-0.2, 0) is 11.3 Å². The van der Waals surface area contributed by atoms with Crippen LogP contribution in [0.5, 0.6) is 0 Å². The molecule has 2 heterocycles. The average Bonchev–Trinajstić information content (AvgIpc) is 3.20. The molecule has 0 radical (unpaired) electrons. The van der Waals surface area contributed by atoms with Crippen molar-refractivity contribution >= 4 is 49.3 Å². The van der Waals surface area contributed by atoms with Crippen LogP contribution in [0.3, 0.4) is 0 Å². The number of aryl methyl sites for hydroxylation is 1. The molecule has 5 heteroatoms. The van der Waals surface area contributed by atoms with Crippen molar-refractivity contribution in [2.75, 3.05) is 5.32 Å². The van der Waals surface area contributed by atoms with Crippen molar-refractivity contribution in [3.8, 4) is 0 Å². The molecule has 0 aliphatic carbocycles. The summed E-state index contributed by atoms with van der Waals surface area (Å²) < 4.78 is 3.15. The lowest BCUT2D eigenvalue weighted by molar-refractivity contribution is -0.116. The fourth-order valence-electron chi connectivity index (χ4n) is 2.98. The van der Waals surface area contributed by atoms with Crippen LogP contribution in [0.2, 0.25) is 0 Å². The molecule has 0 spiro atoms. The number of aromatic amines is 1. The summed E-state index contributed by atoms with van der Waals surface area (Å²) >= 11 is 3.50. The number of rotatable bonds is 4. The van der Waals surface area contributed by atoms with Gasteiger partial charge in [-0.15, -0.1) is 0 Å². The number of carbonyl (C=O) groups is 1. The van der Waals surface area contributed by atoms with E-state index in [1.54, 1.807) is 0 Å². The molecule has 0 aliphatic heterocycles. The summed E-state index contributed by atoms with van der Waals surface area (Å²) in [5.41, 5.74) is 3.00. The van der Waals surface area contributed by atoms with Gasteiger partial charge in [-0.3, -0.25) is 4.79 Å². The maximum absolute atomic E-state index is 12.3. The summed E-state index contributed by atoms with van der Waals surface area (Å²) in [7, 11) is 0. The Kier molecular flexibility index (Phi) is 3.86. The van der Waals surface area contributed by atoms with Gasteiger partial charge in [0.15, 0.2) is 0 Å². The number of hydrogen-bond acceptors (Lipinski definition) is 1. The van der Waals surface area contributed by atoms with E-state index in [0.29, 0.717) is 13.0 Å². The van der Waals surface area contributed by atoms with Gasteiger partial charge in [0.25, 0.3) is 0 Å². The van der Waals surface area contributed by atoms with Crippen molar-refractivity contribution in [3.63, 3.8) is 0 Å². The van der Waals surface area contributed by atoms with Crippen LogP contribution in [0, 0.1) is 0 Å². The van der Waals surface area contributed by atoms with Crippen molar-refractivity contribution in [3.05, 3.63) is 65.4 Å². The second kappa shape index (κ2) is 6.17. The van der Waals surface area contributed by atoms with Crippen LogP contribution in [-0.4, -0.2) is 15.5 Å². The van der Waals surface area contributed by atoms with Crippen molar-refractivity contribution < 1.29 is 4.79 Å². The molecular weight excluding hydrogens is 366 g/mol. The smallest absolute Gasteiger partial charge is 0.226 e. The van der Waals surface area contributed by atoms with Crippen LogP contribution in [0.4, 0.5) is 5.69 Å². The third-order valence-corrected chi connectivity index (χ3v) is 4.68. The predicted octanol–water partition coefficient (Wildman–Crippen LogP) is 4.91. The summed E-state index contributed by atoms with van der Waals surface area (Å²) in [6.07, 6.45) is 4.33. The van der Waals surface area contributed by atoms with E-state index in [2.05, 4.69) is 49.0 Å². The number of nitrogens with zero attached hydrogens (tertiary/aromatic N) is 1. The van der Waals surface area contributed by atoms with Crippen LogP contribution in [0.25, 0.3) is 21.8 Å². The monoisotopic (exact) mass is 381 g/mol. The molecule has 0 unspecified atom stereocenters. The molecule has 0 saturated carbocycles. The molecule has 4 rings (SSSR count). The molecule has 4 aromatic rings. The van der Waals surface area contributed by atoms with Crippen molar-refractivity contribution in [1.82, 2.24) is 9.55 Å². The molecule has 2 aromatic carbocycles. The van der Waals surface area contributed by atoms with Gasteiger partial charge >= 0.3 is 0 Å². The maximum Gasteiger partial charge on any atom is 0.226 e. The fraction of sp³-hybridized carbons (Fsp3) is 0.105. The Hall–Kier alpha value is -2.53. The second-order valence-corrected chi connectivity index (χ2v) is 6.67. The van der Waals surface area contributed by atoms with E-state index in [4.69, 9.17) is 0 Å². The average molecular weight is 382 g/mol. The first-order valence-corrected chi connectivity index (χ1v) is 8.60. The molecule has 1 amide bonds. The first-order valence-electron chi connectivity index (χ1n) is 7.81. The minimum absolute atomic E-state index is 0.0144. The number of fused-ring (bicyclic) bond motifs is 2. The zero-order valence-electron chi connectivity index (χ0n) is 12.9. The number of benzene rings is 2. The summed E-state index contributed by atoms with van der Waals surface area (Å²) in [6.45, 7) is 0.648. The van der Waals surface area contributed by atoms with Crippen LogP contribution in [0.1, 0.15) is 6.42 Å². The Morgan fingerprint density at radius 2 is 2.08 bits per heavy atom. The Morgan fingerprint density at radius 3 is 3.00 bits per heavy atom. The molecule has 2 N–H and O–H groups in total. The Balaban J connectivity index is 1.48. The third kappa shape index (κ3) is 2.83. The highest BCUT2D eigenvalue weighted by molar-refractivity contribution is 9.10. The molecule has 0 bridgehead atoms. The van der Waals surface area contributed by atoms with Crippen molar-refractivity contribution in [2.45, 2.75) is 13.0 Å². The van der Waals surface area contributed by atoms with Gasteiger partial charge in [-0.25, -0.2) is 0 Å². The summed E-state index contributed by atoms with van der Waals surface area (Å²) in [5, 5.41) is 5.22. The molecule has 4 nitrogen and oxygen atoms in total. The van der Waals surface area contributed by atoms with E-state index in [0.717, 1.165) is 26.6 Å². The van der Waals surface area contributed by atoms with Crippen LogP contribution >= 0.6 is 15.9 Å². The second-order valence-electron chi connectivity index (χ2n) is 5.75. The van der Waals surface area contributed by atoms with Crippen LogP contribution in [0.15, 0.2) is 65.4 Å². The summed E-state index contributed by atoms with van der Waals surface area (Å²) in [4.78, 5) is 15.5. The topological polar surface area (TPSA) is 49.8 Å². The van der Waals surface area contributed by atoms with E-state index in [-0.39, 0.29) is 5.91 Å². The molecule has 0 aliphatic rings. The van der Waals surface area contributed by atoms with Crippen LogP contribution < -0.4 is 5.32 Å². The van der Waals surface area contributed by atoms with E-state index in [1.807, 2.05) is 42.7 Å². The summed E-state index contributed by atoms with van der Waals surface area (Å²) in [5.74, 6) is 0.0144. The number of H-pyrrole nitrogens is 1. The highest BCUT2D eigenvalue weighted by Gasteiger charge is 2.08. The number of nitrogens with one attached hydrogen (secondary N) is 2. The lowest BCUT2D eigenvalue weighted by atomic mass is 10.2. The van der Waals surface area contributed by atoms with Crippen molar-refractivity contribution in [1.29, 1.82) is 0 Å². The Bertz CT molecular complexity index is 1030. The molecule has 0 fully saturated rings. The minimum atomic E-state index is 0.0144. The molecule has 24 heavy (non-hydrogen) atoms. The normalized spacial score (nSPS) is 11.2. The number of hydrogen-bond donors (Lipinski definition) is 2. The standard InChI is InChI=1S/C19H16BrN3O/c20-14-5-4-13-7-10-23(18(13)12-14)11-8-19(24)22-17-3-1-2-16-15(17)6-9-21-16/h1-7,9-10,12,21H,8,11H2,(H,22,24). The number of anilines is 1. The van der Waals surface area contributed by atoms with E-state index >= 15 is 0 Å². The van der Waals surface area contributed by atoms with Gasteiger partial charge in [0.1, 0.15) is 0 Å². The first-order chi connectivity index (χ1) is 11.7. The third-order valence-electron chi connectivity index (χ3n) is 4.18. The molecule has 0 atom stereocenters. The van der Waals surface area contributed by atoms with Gasteiger partial charge < -0.3 is 14.9 Å². The highest BCUT2D eigenvalue weighted by atomic mass is 79.9. The van der Waals surface area contributed by atoms with Gasteiger partial charge in [-0.05, 0) is 41.8 Å². The van der Waals surface area contributed by atoms with Gasteiger partial charge in [0.05, 0.1) is 5.69 Å². The van der Waals surface area contributed by atoms with Gasteiger partial charge in [-0.1, -0.05) is 28.1 Å². The van der Waals surface area contributed by atoms with Gasteiger partial charge in [0, 0.05) is 46.3 Å². The van der Waals surface area contributed by atoms with Gasteiger partial charge in [0.2, 0.25) is 5.91 Å². The minimum Gasteiger partial charge on any atom is -0.361 e. The number of halogens is 1. The Morgan fingerprint density at radius 1 is 1.17 bits per heavy atom. The molecule has 120 valence electrons. The van der Waals surface area contributed by atoms with E-state index in [1.165, 1.54) is 5.39 Å². The van der Waals surface area contributed by atoms with E-state index < -0.39 is 0 Å². The molecule has 0 saturated heterocycles. The van der Waals surface area contributed by atoms with Crippen molar-refractivity contribution in [2.24, 2.45) is 0 Å². The molecule has 2 aromatic heterocycles.